The molecule has 0 aliphatic carbocycles. The van der Waals surface area contributed by atoms with Gasteiger partial charge in [0, 0.05) is 59.0 Å². The number of hydrogen-bond acceptors (Lipinski definition) is 3. The number of fused-ring (bicyclic) bond motifs is 9. The van der Waals surface area contributed by atoms with Crippen LogP contribution in [0.5, 0.6) is 0 Å². The second-order valence-electron chi connectivity index (χ2n) is 16.5. The summed E-state index contributed by atoms with van der Waals surface area (Å²) in [6.45, 7) is 0. The Hall–Kier alpha value is -8.18. The molecule has 0 bridgehead atoms. The molecule has 13 aromatic rings. The van der Waals surface area contributed by atoms with E-state index in [2.05, 4.69) is 240 Å². The van der Waals surface area contributed by atoms with Crippen molar-refractivity contribution >= 4 is 92.3 Å². The maximum Gasteiger partial charge on any atom is 0.145 e. The molecule has 0 unspecified atom stereocenters. The van der Waals surface area contributed by atoms with Gasteiger partial charge in [0.1, 0.15) is 11.2 Å². The number of para-hydroxylation sites is 2. The number of nitrogens with zero attached hydrogens (tertiary/aromatic N) is 2. The number of hydrogen-bond donors (Lipinski definition) is 0. The van der Waals surface area contributed by atoms with E-state index >= 15 is 0 Å². The number of furan rings is 1. The molecule has 3 aromatic heterocycles. The van der Waals surface area contributed by atoms with Crippen molar-refractivity contribution < 1.29 is 4.42 Å². The number of benzene rings is 10. The van der Waals surface area contributed by atoms with E-state index in [0.29, 0.717) is 0 Å². The third kappa shape index (κ3) is 5.88. The molecule has 3 heterocycles. The molecular formula is C60H38N2OS. The summed E-state index contributed by atoms with van der Waals surface area (Å²) in [5, 5.41) is 7.07. The topological polar surface area (TPSA) is 21.3 Å². The smallest absolute Gasteiger partial charge is 0.145 e. The Morgan fingerprint density at radius 3 is 1.69 bits per heavy atom. The average Bonchev–Trinajstić information content (AvgIpc) is 4.04. The second-order valence-corrected chi connectivity index (χ2v) is 17.5. The summed E-state index contributed by atoms with van der Waals surface area (Å²) in [5.41, 5.74) is 15.2. The Labute approximate surface area is 373 Å². The molecular weight excluding hydrogens is 797 g/mol. The zero-order chi connectivity index (χ0) is 42.1. The van der Waals surface area contributed by atoms with Gasteiger partial charge >= 0.3 is 0 Å². The lowest BCUT2D eigenvalue weighted by Gasteiger charge is -2.27. The van der Waals surface area contributed by atoms with Crippen LogP contribution in [0.2, 0.25) is 0 Å². The van der Waals surface area contributed by atoms with Crippen molar-refractivity contribution in [1.82, 2.24) is 4.57 Å². The van der Waals surface area contributed by atoms with E-state index in [1.54, 1.807) is 0 Å². The fourth-order valence-electron chi connectivity index (χ4n) is 9.80. The molecule has 13 rings (SSSR count). The Bertz CT molecular complexity index is 3890. The van der Waals surface area contributed by atoms with Crippen LogP contribution < -0.4 is 4.90 Å². The molecule has 64 heavy (non-hydrogen) atoms. The molecule has 10 aromatic carbocycles. The highest BCUT2D eigenvalue weighted by Gasteiger charge is 2.24. The molecule has 300 valence electrons. The third-order valence-electron chi connectivity index (χ3n) is 12.8. The first-order chi connectivity index (χ1) is 31.7. The molecule has 0 saturated heterocycles. The van der Waals surface area contributed by atoms with Crippen molar-refractivity contribution in [2.45, 2.75) is 0 Å². The zero-order valence-electron chi connectivity index (χ0n) is 34.7. The minimum atomic E-state index is 0.855. The fraction of sp³-hybridized carbons (Fsp3) is 0. The molecule has 0 amide bonds. The van der Waals surface area contributed by atoms with Gasteiger partial charge in [0.2, 0.25) is 0 Å². The van der Waals surface area contributed by atoms with E-state index < -0.39 is 0 Å². The van der Waals surface area contributed by atoms with Gasteiger partial charge < -0.3 is 13.9 Å². The van der Waals surface area contributed by atoms with Crippen molar-refractivity contribution in [3.63, 3.8) is 0 Å². The van der Waals surface area contributed by atoms with Crippen molar-refractivity contribution in [2.24, 2.45) is 0 Å². The lowest BCUT2D eigenvalue weighted by Crippen LogP contribution is -2.10. The number of aromatic nitrogens is 1. The first kappa shape index (κ1) is 36.5. The van der Waals surface area contributed by atoms with Crippen molar-refractivity contribution in [2.75, 3.05) is 4.90 Å². The summed E-state index contributed by atoms with van der Waals surface area (Å²) in [7, 11) is 0. The molecule has 4 heteroatoms. The third-order valence-corrected chi connectivity index (χ3v) is 13.9. The highest BCUT2D eigenvalue weighted by Crippen LogP contribution is 2.49. The first-order valence-electron chi connectivity index (χ1n) is 21.7. The average molecular weight is 835 g/mol. The number of thiophene rings is 1. The van der Waals surface area contributed by atoms with Gasteiger partial charge in [-0.15, -0.1) is 11.3 Å². The molecule has 0 spiro atoms. The van der Waals surface area contributed by atoms with Crippen LogP contribution >= 0.6 is 11.3 Å². The Morgan fingerprint density at radius 2 is 0.938 bits per heavy atom. The molecule has 0 aliphatic rings. The van der Waals surface area contributed by atoms with Crippen LogP contribution in [0.15, 0.2) is 235 Å². The molecule has 0 saturated carbocycles. The Balaban J connectivity index is 1.11. The predicted octanol–water partition coefficient (Wildman–Crippen LogP) is 17.5. The summed E-state index contributed by atoms with van der Waals surface area (Å²) in [6, 6.07) is 83.4. The highest BCUT2D eigenvalue weighted by molar-refractivity contribution is 7.25. The van der Waals surface area contributed by atoms with Crippen molar-refractivity contribution in [1.29, 1.82) is 0 Å². The molecule has 3 nitrogen and oxygen atoms in total. The quantitative estimate of drug-likeness (QED) is 0.159. The second kappa shape index (κ2) is 14.7. The van der Waals surface area contributed by atoms with Gasteiger partial charge in [0.25, 0.3) is 0 Å². The first-order valence-corrected chi connectivity index (χ1v) is 22.6. The van der Waals surface area contributed by atoms with Crippen molar-refractivity contribution in [3.8, 4) is 39.1 Å². The van der Waals surface area contributed by atoms with Gasteiger partial charge in [-0.1, -0.05) is 146 Å². The summed E-state index contributed by atoms with van der Waals surface area (Å²) >= 11 is 1.85. The monoisotopic (exact) mass is 834 g/mol. The molecule has 0 N–H and O–H groups in total. The molecule has 0 radical (unpaired) electrons. The fourth-order valence-corrected chi connectivity index (χ4v) is 10.9. The van der Waals surface area contributed by atoms with E-state index in [-0.39, 0.29) is 0 Å². The lowest BCUT2D eigenvalue weighted by molar-refractivity contribution is 0.670. The van der Waals surface area contributed by atoms with Gasteiger partial charge in [-0.05, 0) is 113 Å². The summed E-state index contributed by atoms with van der Waals surface area (Å²) in [5.74, 6) is 0. The number of rotatable bonds is 7. The maximum atomic E-state index is 7.09. The Morgan fingerprint density at radius 1 is 0.375 bits per heavy atom. The maximum absolute atomic E-state index is 7.09. The van der Waals surface area contributed by atoms with Gasteiger partial charge in [-0.25, -0.2) is 0 Å². The Kier molecular flexibility index (Phi) is 8.40. The SMILES string of the molecule is c1ccc(-c2ccc3c(c2)oc2c(-c4ccccc4)ccc(N(c4ccc5sc6ccc(-c7ccccc7)cc6c5c4)c4ccc5c6ccccc6n(-c6ccccc6)c5c4)c23)cc1. The van der Waals surface area contributed by atoms with Crippen LogP contribution in [0.3, 0.4) is 0 Å². The van der Waals surface area contributed by atoms with Gasteiger partial charge in [0.05, 0.1) is 22.1 Å². The summed E-state index contributed by atoms with van der Waals surface area (Å²) in [6.07, 6.45) is 0. The molecule has 0 atom stereocenters. The summed E-state index contributed by atoms with van der Waals surface area (Å²) < 4.78 is 12.0. The highest BCUT2D eigenvalue weighted by atomic mass is 32.1. The van der Waals surface area contributed by atoms with Crippen LogP contribution in [0, 0.1) is 0 Å². The van der Waals surface area contributed by atoms with E-state index in [1.807, 2.05) is 11.3 Å². The van der Waals surface area contributed by atoms with E-state index in [1.165, 1.54) is 47.6 Å². The van der Waals surface area contributed by atoms with Crippen LogP contribution in [0.4, 0.5) is 17.1 Å². The van der Waals surface area contributed by atoms with Crippen LogP contribution in [0.1, 0.15) is 0 Å². The summed E-state index contributed by atoms with van der Waals surface area (Å²) in [4.78, 5) is 2.45. The lowest BCUT2D eigenvalue weighted by atomic mass is 9.98. The van der Waals surface area contributed by atoms with E-state index in [9.17, 15) is 0 Å². The molecule has 0 aliphatic heterocycles. The van der Waals surface area contributed by atoms with Crippen LogP contribution in [-0.4, -0.2) is 4.57 Å². The van der Waals surface area contributed by atoms with E-state index in [4.69, 9.17) is 4.42 Å². The largest absolute Gasteiger partial charge is 0.455 e. The normalized spacial score (nSPS) is 11.8. The zero-order valence-corrected chi connectivity index (χ0v) is 35.5. The van der Waals surface area contributed by atoms with Gasteiger partial charge in [-0.3, -0.25) is 0 Å². The standard InChI is InChI=1S/C60H38N2OS/c1-5-15-39(16-6-1)42-26-33-57-51(35-42)52-37-45(28-34-58(52)64-57)61(46-27-30-49-48-23-13-14-24-53(48)62(55(49)38-46)44-21-11-4-12-22-44)54-32-31-47(41-19-9-3-10-20-41)60-59(54)50-29-25-43(36-56(50)63-60)40-17-7-2-8-18-40/h1-38H. The predicted molar refractivity (Wildman–Crippen MR) is 272 cm³/mol. The molecule has 0 fully saturated rings. The van der Waals surface area contributed by atoms with Crippen LogP contribution in [-0.2, 0) is 0 Å². The van der Waals surface area contributed by atoms with Crippen molar-refractivity contribution in [3.05, 3.63) is 231 Å². The number of anilines is 3. The minimum Gasteiger partial charge on any atom is -0.455 e. The van der Waals surface area contributed by atoms with Gasteiger partial charge in [0.15, 0.2) is 0 Å². The van der Waals surface area contributed by atoms with E-state index in [0.717, 1.165) is 72.5 Å². The van der Waals surface area contributed by atoms with Gasteiger partial charge in [-0.2, -0.15) is 0 Å². The van der Waals surface area contributed by atoms with Crippen LogP contribution in [0.25, 0.3) is 103 Å². The minimum absolute atomic E-state index is 0.855.